The van der Waals surface area contributed by atoms with Crippen LogP contribution in [-0.4, -0.2) is 99.9 Å². The smallest absolute Gasteiger partial charge is 0.343 e. The molecule has 2 N–H and O–H groups in total. The van der Waals surface area contributed by atoms with Crippen LogP contribution >= 0.6 is 0 Å². The SMILES string of the molecule is COc1c(N2CCNC(C)C2)c(F)cc2c(=O)c(C(=O)OCCCOC(=O)c3cn(C4CC4)c4c(OC)c(N5CCNC(C)C5)c(F)cc4c3=O)cn(C3CC3)c12. The van der Waals surface area contributed by atoms with Gasteiger partial charge in [-0.2, -0.15) is 0 Å². The summed E-state index contributed by atoms with van der Waals surface area (Å²) in [5.41, 5.74) is -0.413. The molecule has 2 saturated heterocycles. The first-order chi connectivity index (χ1) is 27.5. The van der Waals surface area contributed by atoms with Crippen molar-refractivity contribution in [2.45, 2.75) is 70.1 Å². The number of halogens is 2. The highest BCUT2D eigenvalue weighted by molar-refractivity contribution is 5.99. The summed E-state index contributed by atoms with van der Waals surface area (Å²) in [6.07, 6.45) is 6.27. The largest absolute Gasteiger partial charge is 0.492 e. The fourth-order valence-electron chi connectivity index (χ4n) is 8.25. The molecule has 2 aliphatic carbocycles. The van der Waals surface area contributed by atoms with Crippen molar-refractivity contribution < 1.29 is 37.3 Å². The quantitative estimate of drug-likeness (QED) is 0.156. The number of piperazine rings is 2. The van der Waals surface area contributed by atoms with Gasteiger partial charge in [-0.25, -0.2) is 18.4 Å². The molecule has 304 valence electrons. The summed E-state index contributed by atoms with van der Waals surface area (Å²) in [7, 11) is 2.90. The molecule has 2 aromatic carbocycles. The number of rotatable bonds is 12. The molecule has 4 aromatic rings. The highest BCUT2D eigenvalue weighted by atomic mass is 19.1. The third-order valence-corrected chi connectivity index (χ3v) is 11.2. The zero-order valence-corrected chi connectivity index (χ0v) is 32.6. The molecule has 0 bridgehead atoms. The Morgan fingerprint density at radius 2 is 1.11 bits per heavy atom. The molecule has 57 heavy (non-hydrogen) atoms. The summed E-state index contributed by atoms with van der Waals surface area (Å²) >= 11 is 0. The normalized spacial score (nSPS) is 19.9. The third-order valence-electron chi connectivity index (χ3n) is 11.2. The van der Waals surface area contributed by atoms with Crippen LogP contribution in [0.1, 0.15) is 78.8 Å². The number of aromatic nitrogens is 2. The number of fused-ring (bicyclic) bond motifs is 2. The number of carbonyl (C=O) groups is 2. The van der Waals surface area contributed by atoms with Crippen LogP contribution < -0.4 is 40.8 Å². The molecule has 2 saturated carbocycles. The van der Waals surface area contributed by atoms with E-state index in [2.05, 4.69) is 10.6 Å². The van der Waals surface area contributed by atoms with Gasteiger partial charge in [0.15, 0.2) is 23.1 Å². The van der Waals surface area contributed by atoms with Crippen LogP contribution in [0.2, 0.25) is 0 Å². The number of anilines is 2. The Labute approximate surface area is 327 Å². The lowest BCUT2D eigenvalue weighted by molar-refractivity contribution is 0.0393. The molecule has 4 aliphatic rings. The Balaban J connectivity index is 0.983. The Bertz CT molecular complexity index is 2210. The van der Waals surface area contributed by atoms with Crippen LogP contribution in [0.25, 0.3) is 21.8 Å². The van der Waals surface area contributed by atoms with E-state index in [1.165, 1.54) is 38.7 Å². The average molecular weight is 791 g/mol. The number of nitrogens with zero attached hydrogens (tertiary/aromatic N) is 4. The fourth-order valence-corrected chi connectivity index (χ4v) is 8.25. The molecule has 0 amide bonds. The first kappa shape index (κ1) is 38.6. The number of benzene rings is 2. The lowest BCUT2D eigenvalue weighted by Crippen LogP contribution is -2.49. The van der Waals surface area contributed by atoms with Gasteiger partial charge in [-0.3, -0.25) is 9.59 Å². The van der Waals surface area contributed by atoms with E-state index in [1.54, 1.807) is 0 Å². The second-order valence-corrected chi connectivity index (χ2v) is 15.5. The van der Waals surface area contributed by atoms with E-state index < -0.39 is 34.4 Å². The lowest BCUT2D eigenvalue weighted by Gasteiger charge is -2.35. The molecule has 2 aliphatic heterocycles. The predicted octanol–water partition coefficient (Wildman–Crippen LogP) is 4.28. The minimum absolute atomic E-state index is 0.00323. The first-order valence-corrected chi connectivity index (χ1v) is 19.7. The van der Waals surface area contributed by atoms with Crippen LogP contribution in [0.4, 0.5) is 20.2 Å². The summed E-state index contributed by atoms with van der Waals surface area (Å²) in [4.78, 5) is 58.0. The first-order valence-electron chi connectivity index (χ1n) is 19.7. The maximum atomic E-state index is 15.8. The summed E-state index contributed by atoms with van der Waals surface area (Å²) in [6.45, 7) is 7.18. The number of esters is 2. The average Bonchev–Trinajstić information content (AvgIpc) is 4.13. The second-order valence-electron chi connectivity index (χ2n) is 15.5. The Morgan fingerprint density at radius 1 is 0.702 bits per heavy atom. The maximum absolute atomic E-state index is 15.8. The fraction of sp³-hybridized carbons (Fsp3) is 0.512. The van der Waals surface area contributed by atoms with Crippen molar-refractivity contribution in [1.82, 2.24) is 19.8 Å². The van der Waals surface area contributed by atoms with Gasteiger partial charge in [0, 0.05) is 82.3 Å². The van der Waals surface area contributed by atoms with Crippen LogP contribution in [0.3, 0.4) is 0 Å². The van der Waals surface area contributed by atoms with E-state index in [0.29, 0.717) is 50.3 Å². The third kappa shape index (κ3) is 7.29. The van der Waals surface area contributed by atoms with Gasteiger partial charge in [0.05, 0.1) is 49.2 Å². The van der Waals surface area contributed by atoms with Crippen LogP contribution in [0.15, 0.2) is 34.1 Å². The zero-order chi connectivity index (χ0) is 40.1. The van der Waals surface area contributed by atoms with Gasteiger partial charge in [-0.1, -0.05) is 0 Å². The maximum Gasteiger partial charge on any atom is 0.343 e. The van der Waals surface area contributed by atoms with Gasteiger partial charge in [-0.15, -0.1) is 0 Å². The molecular formula is C41H48F2N6O8. The van der Waals surface area contributed by atoms with E-state index in [1.807, 2.05) is 32.8 Å². The van der Waals surface area contributed by atoms with Gasteiger partial charge >= 0.3 is 11.9 Å². The number of nitrogens with one attached hydrogen (secondary N) is 2. The van der Waals surface area contributed by atoms with Crippen molar-refractivity contribution >= 4 is 45.1 Å². The number of hydrogen-bond donors (Lipinski definition) is 2. The van der Waals surface area contributed by atoms with Gasteiger partial charge < -0.3 is 48.5 Å². The topological polar surface area (TPSA) is 146 Å². The Morgan fingerprint density at radius 3 is 1.46 bits per heavy atom. The van der Waals surface area contributed by atoms with Crippen molar-refractivity contribution in [1.29, 1.82) is 0 Å². The van der Waals surface area contributed by atoms with Crippen LogP contribution in [0.5, 0.6) is 11.5 Å². The molecule has 16 heteroatoms. The summed E-state index contributed by atoms with van der Waals surface area (Å²) in [5, 5.41) is 6.73. The number of ether oxygens (including phenoxy) is 4. The number of methoxy groups -OCH3 is 2. The Hall–Kier alpha value is -5.22. The van der Waals surface area contributed by atoms with E-state index in [-0.39, 0.29) is 88.6 Å². The van der Waals surface area contributed by atoms with Gasteiger partial charge in [0.2, 0.25) is 10.9 Å². The predicted molar refractivity (Wildman–Crippen MR) is 211 cm³/mol. The van der Waals surface area contributed by atoms with Crippen molar-refractivity contribution in [3.8, 4) is 11.5 Å². The molecular weight excluding hydrogens is 742 g/mol. The summed E-state index contributed by atoms with van der Waals surface area (Å²) in [6, 6.07) is 2.62. The van der Waals surface area contributed by atoms with Gasteiger partial charge in [-0.05, 0) is 51.7 Å². The molecule has 8 rings (SSSR count). The van der Waals surface area contributed by atoms with E-state index in [4.69, 9.17) is 18.9 Å². The highest BCUT2D eigenvalue weighted by Crippen LogP contribution is 2.45. The lowest BCUT2D eigenvalue weighted by atomic mass is 10.1. The molecule has 4 heterocycles. The molecule has 0 radical (unpaired) electrons. The Kier molecular flexibility index (Phi) is 10.6. The standard InChI is InChI=1S/C41H48F2N6O8/c1-22-18-46(12-10-44-22)34-30(42)16-26-32(38(34)54-3)48(24-6-7-24)20-28(36(26)50)40(52)56-14-5-15-57-41(53)29-21-49(25-8-9-25)33-27(37(29)51)17-31(43)35(39(33)55-4)47-13-11-45-23(2)19-47/h16-17,20-25,44-45H,5-15,18-19H2,1-4H3. The van der Waals surface area contributed by atoms with Gasteiger partial charge in [0.25, 0.3) is 0 Å². The molecule has 2 unspecified atom stereocenters. The van der Waals surface area contributed by atoms with Crippen molar-refractivity contribution in [2.75, 3.05) is 76.5 Å². The van der Waals surface area contributed by atoms with Crippen LogP contribution in [-0.2, 0) is 9.47 Å². The molecule has 2 atom stereocenters. The molecule has 0 spiro atoms. The minimum atomic E-state index is -0.894. The second kappa shape index (κ2) is 15.6. The van der Waals surface area contributed by atoms with Crippen molar-refractivity contribution in [3.63, 3.8) is 0 Å². The molecule has 2 aromatic heterocycles. The summed E-state index contributed by atoms with van der Waals surface area (Å²) in [5.74, 6) is -2.52. The summed E-state index contributed by atoms with van der Waals surface area (Å²) < 4.78 is 57.8. The number of carbonyl (C=O) groups excluding carboxylic acids is 2. The minimum Gasteiger partial charge on any atom is -0.492 e. The van der Waals surface area contributed by atoms with Crippen LogP contribution in [0, 0.1) is 11.6 Å². The monoisotopic (exact) mass is 790 g/mol. The zero-order valence-electron chi connectivity index (χ0n) is 32.6. The van der Waals surface area contributed by atoms with E-state index in [9.17, 15) is 19.2 Å². The highest BCUT2D eigenvalue weighted by Gasteiger charge is 2.34. The van der Waals surface area contributed by atoms with Crippen molar-refractivity contribution in [2.24, 2.45) is 0 Å². The van der Waals surface area contributed by atoms with E-state index in [0.717, 1.165) is 25.7 Å². The van der Waals surface area contributed by atoms with Gasteiger partial charge in [0.1, 0.15) is 22.5 Å². The number of hydrogen-bond acceptors (Lipinski definition) is 12. The van der Waals surface area contributed by atoms with E-state index >= 15 is 8.78 Å². The molecule has 4 fully saturated rings. The number of pyridine rings is 2. The van der Waals surface area contributed by atoms with Crippen molar-refractivity contribution in [3.05, 3.63) is 67.7 Å². The molecule has 14 nitrogen and oxygen atoms in total.